The van der Waals surface area contributed by atoms with Crippen LogP contribution >= 0.6 is 11.8 Å². The largest absolute Gasteiger partial charge is 0.126 e. The van der Waals surface area contributed by atoms with Crippen molar-refractivity contribution in [2.45, 2.75) is 24.5 Å². The summed E-state index contributed by atoms with van der Waals surface area (Å²) in [7, 11) is 5.93. The van der Waals surface area contributed by atoms with Crippen LogP contribution in [0, 0.1) is 11.8 Å². The lowest BCUT2D eigenvalue weighted by molar-refractivity contribution is 0.446. The molecule has 0 aromatic carbocycles. The maximum absolute atomic E-state index is 5.93. The second-order valence-electron chi connectivity index (χ2n) is 4.35. The van der Waals surface area contributed by atoms with Gasteiger partial charge in [0.25, 0.3) is 0 Å². The molecule has 0 saturated carbocycles. The molecule has 0 aromatic heterocycles. The second kappa shape index (κ2) is 3.34. The van der Waals surface area contributed by atoms with E-state index in [-0.39, 0.29) is 0 Å². The third kappa shape index (κ3) is 1.31. The van der Waals surface area contributed by atoms with Crippen LogP contribution in [0.2, 0.25) is 0 Å². The average Bonchev–Trinajstić information content (AvgIpc) is 2.56. The minimum Gasteiger partial charge on any atom is -0.126 e. The van der Waals surface area contributed by atoms with Crippen LogP contribution in [0.4, 0.5) is 0 Å². The predicted octanol–water partition coefficient (Wildman–Crippen LogP) is 3.02. The van der Waals surface area contributed by atoms with Gasteiger partial charge in [-0.15, -0.1) is 17.2 Å². The van der Waals surface area contributed by atoms with E-state index >= 15 is 0 Å². The van der Waals surface area contributed by atoms with Gasteiger partial charge in [0.2, 0.25) is 0 Å². The predicted molar refractivity (Wildman–Crippen MR) is 63.3 cm³/mol. The minimum absolute atomic E-state index is 0.713. The number of thioether (sulfide) groups is 1. The Hall–Kier alpha value is -0.365. The Labute approximate surface area is 90.9 Å². The Morgan fingerprint density at radius 3 is 3.29 bits per heavy atom. The van der Waals surface area contributed by atoms with Gasteiger partial charge in [0, 0.05) is 11.2 Å². The molecule has 2 radical (unpaired) electrons. The molecule has 70 valence electrons. The topological polar surface area (TPSA) is 0 Å². The molecule has 3 unspecified atom stereocenters. The van der Waals surface area contributed by atoms with E-state index in [1.807, 2.05) is 0 Å². The highest BCUT2D eigenvalue weighted by atomic mass is 32.2. The molecule has 0 nitrogen and oxygen atoms in total. The molecule has 0 spiro atoms. The molecule has 3 rings (SSSR count). The summed E-state index contributed by atoms with van der Waals surface area (Å²) < 4.78 is 0. The molecule has 2 aliphatic carbocycles. The highest BCUT2D eigenvalue weighted by molar-refractivity contribution is 8.04. The molecule has 2 heteroatoms. The lowest BCUT2D eigenvalue weighted by Gasteiger charge is -2.25. The van der Waals surface area contributed by atoms with Crippen LogP contribution in [0.25, 0.3) is 0 Å². The van der Waals surface area contributed by atoms with Crippen LogP contribution < -0.4 is 0 Å². The van der Waals surface area contributed by atoms with Gasteiger partial charge in [-0.1, -0.05) is 24.3 Å². The van der Waals surface area contributed by atoms with Crippen molar-refractivity contribution < 1.29 is 0 Å². The third-order valence-electron chi connectivity index (χ3n) is 3.46. The van der Waals surface area contributed by atoms with Crippen molar-refractivity contribution in [1.29, 1.82) is 0 Å². The smallest absolute Gasteiger partial charge is 0.107 e. The van der Waals surface area contributed by atoms with Gasteiger partial charge in [0.05, 0.1) is 0 Å². The summed E-state index contributed by atoms with van der Waals surface area (Å²) in [5.41, 5.74) is 1.11. The van der Waals surface area contributed by atoms with E-state index in [2.05, 4.69) is 36.1 Å². The molecular weight excluding hydrogens is 187 g/mol. The van der Waals surface area contributed by atoms with E-state index in [4.69, 9.17) is 7.85 Å². The number of fused-ring (bicyclic) bond motifs is 3. The number of hydrogen-bond acceptors (Lipinski definition) is 1. The molecule has 1 fully saturated rings. The first kappa shape index (κ1) is 8.90. The first-order valence-corrected chi connectivity index (χ1v) is 6.22. The van der Waals surface area contributed by atoms with E-state index in [1.54, 1.807) is 4.91 Å². The van der Waals surface area contributed by atoms with Crippen molar-refractivity contribution in [3.8, 4) is 0 Å². The van der Waals surface area contributed by atoms with Gasteiger partial charge in [-0.2, -0.15) is 0 Å². The minimum atomic E-state index is 0.713. The third-order valence-corrected chi connectivity index (χ3v) is 5.02. The molecule has 1 heterocycles. The Morgan fingerprint density at radius 2 is 2.36 bits per heavy atom. The van der Waals surface area contributed by atoms with Crippen LogP contribution in [0.3, 0.4) is 0 Å². The quantitative estimate of drug-likeness (QED) is 0.541. The van der Waals surface area contributed by atoms with Gasteiger partial charge in [-0.25, -0.2) is 0 Å². The normalized spacial score (nSPS) is 39.9. The second-order valence-corrected chi connectivity index (χ2v) is 5.67. The molecule has 3 atom stereocenters. The molecule has 1 saturated heterocycles. The van der Waals surface area contributed by atoms with Crippen molar-refractivity contribution in [2.75, 3.05) is 0 Å². The van der Waals surface area contributed by atoms with Crippen LogP contribution in [-0.2, 0) is 0 Å². The maximum Gasteiger partial charge on any atom is 0.107 e. The van der Waals surface area contributed by atoms with E-state index in [0.717, 1.165) is 23.1 Å². The summed E-state index contributed by atoms with van der Waals surface area (Å²) in [6.45, 7) is 0. The molecule has 0 N–H and O–H groups in total. The summed E-state index contributed by atoms with van der Waals surface area (Å²) in [6, 6.07) is 0. The molecular formula is C12H13BS. The molecule has 0 aromatic rings. The summed E-state index contributed by atoms with van der Waals surface area (Å²) in [5.74, 6) is 1.46. The molecule has 3 aliphatic rings. The summed E-state index contributed by atoms with van der Waals surface area (Å²) in [4.78, 5) is 1.59. The lowest BCUT2D eigenvalue weighted by Crippen LogP contribution is -2.21. The zero-order valence-corrected chi connectivity index (χ0v) is 8.96. The Bertz CT molecular complexity index is 340. The van der Waals surface area contributed by atoms with Gasteiger partial charge in [-0.05, 0) is 30.1 Å². The van der Waals surface area contributed by atoms with Gasteiger partial charge in [-0.3, -0.25) is 0 Å². The SMILES string of the molecule is [B]C1=CC2C(CC1)SC1=CC=CCC12. The van der Waals surface area contributed by atoms with E-state index < -0.39 is 0 Å². The fraction of sp³-hybridized carbons (Fsp3) is 0.500. The monoisotopic (exact) mass is 200 g/mol. The summed E-state index contributed by atoms with van der Waals surface area (Å²) in [5, 5.41) is 0.804. The van der Waals surface area contributed by atoms with Gasteiger partial charge in [0.1, 0.15) is 7.85 Å². The number of hydrogen-bond donors (Lipinski definition) is 0. The lowest BCUT2D eigenvalue weighted by atomic mass is 9.74. The van der Waals surface area contributed by atoms with Crippen molar-refractivity contribution >= 4 is 19.6 Å². The Kier molecular flexibility index (Phi) is 2.12. The van der Waals surface area contributed by atoms with E-state index in [9.17, 15) is 0 Å². The van der Waals surface area contributed by atoms with Crippen LogP contribution in [-0.4, -0.2) is 13.1 Å². The van der Waals surface area contributed by atoms with Crippen molar-refractivity contribution in [3.63, 3.8) is 0 Å². The highest BCUT2D eigenvalue weighted by Crippen LogP contribution is 2.53. The molecule has 1 aliphatic heterocycles. The maximum atomic E-state index is 5.93. The summed E-state index contributed by atoms with van der Waals surface area (Å²) >= 11 is 2.09. The average molecular weight is 200 g/mol. The fourth-order valence-corrected chi connectivity index (χ4v) is 4.32. The summed E-state index contributed by atoms with van der Waals surface area (Å²) in [6.07, 6.45) is 12.7. The number of rotatable bonds is 0. The molecule has 0 bridgehead atoms. The molecule has 14 heavy (non-hydrogen) atoms. The Morgan fingerprint density at radius 1 is 1.43 bits per heavy atom. The van der Waals surface area contributed by atoms with Crippen molar-refractivity contribution in [3.05, 3.63) is 34.7 Å². The van der Waals surface area contributed by atoms with Crippen LogP contribution in [0.5, 0.6) is 0 Å². The van der Waals surface area contributed by atoms with Crippen LogP contribution in [0.1, 0.15) is 19.3 Å². The van der Waals surface area contributed by atoms with E-state index in [0.29, 0.717) is 5.92 Å². The molecule has 0 amide bonds. The zero-order valence-electron chi connectivity index (χ0n) is 8.15. The van der Waals surface area contributed by atoms with E-state index in [1.165, 1.54) is 12.8 Å². The van der Waals surface area contributed by atoms with Gasteiger partial charge < -0.3 is 0 Å². The number of allylic oxidation sites excluding steroid dienone is 6. The van der Waals surface area contributed by atoms with Crippen molar-refractivity contribution in [1.82, 2.24) is 0 Å². The first-order valence-electron chi connectivity index (χ1n) is 5.34. The van der Waals surface area contributed by atoms with Gasteiger partial charge in [0.15, 0.2) is 0 Å². The fourth-order valence-electron chi connectivity index (χ4n) is 2.73. The van der Waals surface area contributed by atoms with Crippen molar-refractivity contribution in [2.24, 2.45) is 11.8 Å². The zero-order chi connectivity index (χ0) is 9.54. The first-order chi connectivity index (χ1) is 6.84. The Balaban J connectivity index is 1.93. The van der Waals surface area contributed by atoms with Gasteiger partial charge >= 0.3 is 0 Å². The highest BCUT2D eigenvalue weighted by Gasteiger charge is 2.39. The standard InChI is InChI=1S/C12H13BS/c13-8-5-6-12-10(7-8)9-3-1-2-4-11(9)14-12/h1-2,4,7,9-10,12H,3,5-6H2. The van der Waals surface area contributed by atoms with Crippen LogP contribution in [0.15, 0.2) is 34.7 Å².